The fraction of sp³-hybridized carbons (Fsp3) is 0.316. The number of anilines is 1. The molecule has 1 amide bonds. The van der Waals surface area contributed by atoms with Crippen molar-refractivity contribution in [2.45, 2.75) is 39.5 Å². The summed E-state index contributed by atoms with van der Waals surface area (Å²) in [4.78, 5) is 12.4. The minimum atomic E-state index is -4.54. The van der Waals surface area contributed by atoms with Crippen molar-refractivity contribution >= 4 is 11.6 Å². The second-order valence-corrected chi connectivity index (χ2v) is 5.87. The minimum absolute atomic E-state index is 0.275. The van der Waals surface area contributed by atoms with Crippen LogP contribution < -0.4 is 10.1 Å². The zero-order valence-corrected chi connectivity index (χ0v) is 14.3. The van der Waals surface area contributed by atoms with Gasteiger partial charge in [0.1, 0.15) is 5.75 Å². The Morgan fingerprint density at radius 2 is 1.72 bits per heavy atom. The van der Waals surface area contributed by atoms with E-state index in [-0.39, 0.29) is 5.69 Å². The first-order chi connectivity index (χ1) is 11.7. The Bertz CT molecular complexity index is 736. The van der Waals surface area contributed by atoms with Crippen molar-refractivity contribution in [3.63, 3.8) is 0 Å². The molecule has 0 spiro atoms. The second kappa shape index (κ2) is 7.59. The molecule has 0 aliphatic heterocycles. The van der Waals surface area contributed by atoms with Crippen LogP contribution in [0.1, 0.15) is 30.0 Å². The number of amides is 1. The smallest absolute Gasteiger partial charge is 0.418 e. The number of halogens is 3. The third-order valence-electron chi connectivity index (χ3n) is 3.63. The predicted molar refractivity (Wildman–Crippen MR) is 90.7 cm³/mol. The number of benzene rings is 2. The summed E-state index contributed by atoms with van der Waals surface area (Å²) in [6, 6.07) is 10.4. The van der Waals surface area contributed by atoms with Gasteiger partial charge in [-0.1, -0.05) is 25.1 Å². The van der Waals surface area contributed by atoms with Crippen LogP contribution in [-0.4, -0.2) is 12.0 Å². The Kier molecular flexibility index (Phi) is 5.72. The predicted octanol–water partition coefficient (Wildman–Crippen LogP) is 5.12. The lowest BCUT2D eigenvalue weighted by atomic mass is 10.1. The van der Waals surface area contributed by atoms with E-state index >= 15 is 0 Å². The molecule has 0 saturated heterocycles. The molecule has 25 heavy (non-hydrogen) atoms. The average Bonchev–Trinajstić information content (AvgIpc) is 2.51. The Balaban J connectivity index is 2.18. The standard InChI is InChI=1S/C19H20F3NO2/c1-4-17(25-14-10-12(2)9-13(3)11-14)18(24)23-16-8-6-5-7-15(16)19(20,21)22/h5-11,17H,4H2,1-3H3,(H,23,24)/t17-/m1/s1. The number of nitrogens with one attached hydrogen (secondary N) is 1. The van der Waals surface area contributed by atoms with E-state index in [1.165, 1.54) is 18.2 Å². The van der Waals surface area contributed by atoms with E-state index < -0.39 is 23.8 Å². The summed E-state index contributed by atoms with van der Waals surface area (Å²) >= 11 is 0. The van der Waals surface area contributed by atoms with Crippen molar-refractivity contribution < 1.29 is 22.7 Å². The molecular weight excluding hydrogens is 331 g/mol. The number of hydrogen-bond donors (Lipinski definition) is 1. The molecule has 3 nitrogen and oxygen atoms in total. The maximum Gasteiger partial charge on any atom is 0.418 e. The number of carbonyl (C=O) groups excluding carboxylic acids is 1. The first-order valence-electron chi connectivity index (χ1n) is 7.92. The molecule has 2 aromatic rings. The largest absolute Gasteiger partial charge is 0.481 e. The molecule has 0 fully saturated rings. The summed E-state index contributed by atoms with van der Waals surface area (Å²) in [5, 5.41) is 2.33. The van der Waals surface area contributed by atoms with Crippen LogP contribution >= 0.6 is 0 Å². The maximum atomic E-state index is 13.0. The first-order valence-corrected chi connectivity index (χ1v) is 7.92. The molecule has 0 heterocycles. The van der Waals surface area contributed by atoms with Gasteiger partial charge in [0, 0.05) is 0 Å². The summed E-state index contributed by atoms with van der Waals surface area (Å²) in [5.41, 5.74) is 0.799. The topological polar surface area (TPSA) is 38.3 Å². The number of alkyl halides is 3. The van der Waals surface area contributed by atoms with E-state index in [0.29, 0.717) is 12.2 Å². The van der Waals surface area contributed by atoms with Crippen LogP contribution in [0.5, 0.6) is 5.75 Å². The summed E-state index contributed by atoms with van der Waals surface area (Å²) in [6.07, 6.45) is -5.10. The van der Waals surface area contributed by atoms with E-state index in [1.807, 2.05) is 19.9 Å². The van der Waals surface area contributed by atoms with Crippen LogP contribution in [0.15, 0.2) is 42.5 Å². The molecule has 0 saturated carbocycles. The highest BCUT2D eigenvalue weighted by molar-refractivity contribution is 5.95. The van der Waals surface area contributed by atoms with Crippen LogP contribution in [0.4, 0.5) is 18.9 Å². The SMILES string of the molecule is CC[C@@H](Oc1cc(C)cc(C)c1)C(=O)Nc1ccccc1C(F)(F)F. The van der Waals surface area contributed by atoms with Gasteiger partial charge in [-0.25, -0.2) is 0 Å². The zero-order chi connectivity index (χ0) is 18.6. The van der Waals surface area contributed by atoms with Crippen molar-refractivity contribution in [2.24, 2.45) is 0 Å². The van der Waals surface area contributed by atoms with Gasteiger partial charge in [0.25, 0.3) is 5.91 Å². The fourth-order valence-corrected chi connectivity index (χ4v) is 2.54. The molecule has 0 radical (unpaired) electrons. The van der Waals surface area contributed by atoms with Crippen LogP contribution in [-0.2, 0) is 11.0 Å². The highest BCUT2D eigenvalue weighted by atomic mass is 19.4. The molecule has 0 bridgehead atoms. The molecule has 0 aromatic heterocycles. The summed E-state index contributed by atoms with van der Waals surface area (Å²) < 4.78 is 44.8. The van der Waals surface area contributed by atoms with Crippen LogP contribution in [0.2, 0.25) is 0 Å². The van der Waals surface area contributed by atoms with E-state index in [1.54, 1.807) is 19.1 Å². The Labute approximate surface area is 144 Å². The molecule has 1 N–H and O–H groups in total. The molecule has 0 aliphatic rings. The van der Waals surface area contributed by atoms with Gasteiger partial charge in [-0.05, 0) is 55.7 Å². The molecular formula is C19H20F3NO2. The number of carbonyl (C=O) groups is 1. The fourth-order valence-electron chi connectivity index (χ4n) is 2.54. The minimum Gasteiger partial charge on any atom is -0.481 e. The number of hydrogen-bond acceptors (Lipinski definition) is 2. The van der Waals surface area contributed by atoms with Crippen LogP contribution in [0, 0.1) is 13.8 Å². The Hall–Kier alpha value is -2.50. The van der Waals surface area contributed by atoms with Gasteiger partial charge in [0.05, 0.1) is 11.3 Å². The third kappa shape index (κ3) is 4.98. The summed E-state index contributed by atoms with van der Waals surface area (Å²) in [5.74, 6) is -0.0954. The summed E-state index contributed by atoms with van der Waals surface area (Å²) in [7, 11) is 0. The highest BCUT2D eigenvalue weighted by Crippen LogP contribution is 2.34. The molecule has 2 rings (SSSR count). The van der Waals surface area contributed by atoms with Crippen molar-refractivity contribution in [3.8, 4) is 5.75 Å². The van der Waals surface area contributed by atoms with Gasteiger partial charge < -0.3 is 10.1 Å². The Morgan fingerprint density at radius 3 is 2.28 bits per heavy atom. The lowest BCUT2D eigenvalue weighted by molar-refractivity contribution is -0.137. The lowest BCUT2D eigenvalue weighted by Gasteiger charge is -2.19. The molecule has 2 aromatic carbocycles. The molecule has 1 atom stereocenters. The quantitative estimate of drug-likeness (QED) is 0.812. The van der Waals surface area contributed by atoms with Gasteiger partial charge in [0.15, 0.2) is 6.10 Å². The van der Waals surface area contributed by atoms with E-state index in [9.17, 15) is 18.0 Å². The number of para-hydroxylation sites is 1. The van der Waals surface area contributed by atoms with Crippen molar-refractivity contribution in [1.82, 2.24) is 0 Å². The number of aryl methyl sites for hydroxylation is 2. The Morgan fingerprint density at radius 1 is 1.12 bits per heavy atom. The van der Waals surface area contributed by atoms with Gasteiger partial charge in [-0.3, -0.25) is 4.79 Å². The molecule has 134 valence electrons. The van der Waals surface area contributed by atoms with Crippen molar-refractivity contribution in [2.75, 3.05) is 5.32 Å². The van der Waals surface area contributed by atoms with Gasteiger partial charge >= 0.3 is 6.18 Å². The first kappa shape index (κ1) is 18.8. The van der Waals surface area contributed by atoms with Crippen molar-refractivity contribution in [3.05, 3.63) is 59.2 Å². The van der Waals surface area contributed by atoms with Crippen molar-refractivity contribution in [1.29, 1.82) is 0 Å². The second-order valence-electron chi connectivity index (χ2n) is 5.87. The zero-order valence-electron chi connectivity index (χ0n) is 14.3. The normalized spacial score (nSPS) is 12.6. The lowest BCUT2D eigenvalue weighted by Crippen LogP contribution is -2.33. The number of ether oxygens (including phenoxy) is 1. The van der Waals surface area contributed by atoms with Crippen LogP contribution in [0.3, 0.4) is 0 Å². The number of rotatable bonds is 5. The highest BCUT2D eigenvalue weighted by Gasteiger charge is 2.34. The van der Waals surface area contributed by atoms with Gasteiger partial charge in [-0.2, -0.15) is 13.2 Å². The monoisotopic (exact) mass is 351 g/mol. The third-order valence-corrected chi connectivity index (χ3v) is 3.63. The summed E-state index contributed by atoms with van der Waals surface area (Å²) in [6.45, 7) is 5.55. The average molecular weight is 351 g/mol. The van der Waals surface area contributed by atoms with E-state index in [0.717, 1.165) is 17.2 Å². The molecule has 0 aliphatic carbocycles. The van der Waals surface area contributed by atoms with Gasteiger partial charge in [0.2, 0.25) is 0 Å². The van der Waals surface area contributed by atoms with Gasteiger partial charge in [-0.15, -0.1) is 0 Å². The van der Waals surface area contributed by atoms with E-state index in [4.69, 9.17) is 4.74 Å². The maximum absolute atomic E-state index is 13.0. The van der Waals surface area contributed by atoms with E-state index in [2.05, 4.69) is 5.32 Å². The van der Waals surface area contributed by atoms with Crippen LogP contribution in [0.25, 0.3) is 0 Å². The molecule has 0 unspecified atom stereocenters. The molecule has 6 heteroatoms.